The van der Waals surface area contributed by atoms with Crippen molar-refractivity contribution in [1.82, 2.24) is 10.2 Å². The summed E-state index contributed by atoms with van der Waals surface area (Å²) in [4.78, 5) is 16.6. The Morgan fingerprint density at radius 2 is 2.24 bits per heavy atom. The topological polar surface area (TPSA) is 83.9 Å². The van der Waals surface area contributed by atoms with Crippen molar-refractivity contribution in [3.63, 3.8) is 0 Å². The molecular formula is C17H26N4O3S. The van der Waals surface area contributed by atoms with E-state index >= 15 is 0 Å². The van der Waals surface area contributed by atoms with E-state index in [2.05, 4.69) is 21.1 Å². The lowest BCUT2D eigenvalue weighted by Gasteiger charge is -2.07. The third-order valence-corrected chi connectivity index (χ3v) is 4.05. The van der Waals surface area contributed by atoms with Crippen LogP contribution in [0.25, 0.3) is 0 Å². The van der Waals surface area contributed by atoms with E-state index in [9.17, 15) is 10.1 Å². The summed E-state index contributed by atoms with van der Waals surface area (Å²) >= 11 is 1.71. The minimum atomic E-state index is -0.380. The minimum absolute atomic E-state index is 0.285. The fourth-order valence-electron chi connectivity index (χ4n) is 2.02. The molecule has 138 valence electrons. The smallest absolute Gasteiger partial charge is 0.259 e. The van der Waals surface area contributed by atoms with Crippen molar-refractivity contribution < 1.29 is 9.34 Å². The minimum Gasteiger partial charge on any atom is -0.464 e. The van der Waals surface area contributed by atoms with Crippen molar-refractivity contribution in [3.8, 4) is 12.3 Å². The lowest BCUT2D eigenvalue weighted by Crippen LogP contribution is -2.32. The van der Waals surface area contributed by atoms with Crippen LogP contribution in [0.3, 0.4) is 0 Å². The summed E-state index contributed by atoms with van der Waals surface area (Å²) in [7, 11) is 4.00. The number of nitro groups is 1. The molecule has 25 heavy (non-hydrogen) atoms. The molecule has 7 nitrogen and oxygen atoms in total. The molecule has 0 bridgehead atoms. The maximum absolute atomic E-state index is 10.7. The van der Waals surface area contributed by atoms with Gasteiger partial charge in [-0.05, 0) is 32.6 Å². The van der Waals surface area contributed by atoms with Crippen LogP contribution in [0.4, 0.5) is 0 Å². The Hall–Kier alpha value is -1.98. The van der Waals surface area contributed by atoms with Crippen LogP contribution in [0.15, 0.2) is 21.5 Å². The van der Waals surface area contributed by atoms with Gasteiger partial charge in [-0.1, -0.05) is 0 Å². The van der Waals surface area contributed by atoms with E-state index in [-0.39, 0.29) is 11.5 Å². The molecule has 1 heterocycles. The number of hydrogen-bond donors (Lipinski definition) is 1. The van der Waals surface area contributed by atoms with Gasteiger partial charge in [-0.15, -0.1) is 12.3 Å². The first-order valence-electron chi connectivity index (χ1n) is 8.13. The van der Waals surface area contributed by atoms with Gasteiger partial charge in [0.2, 0.25) is 0 Å². The van der Waals surface area contributed by atoms with E-state index in [0.29, 0.717) is 25.3 Å². The second kappa shape index (κ2) is 12.4. The molecule has 0 atom stereocenters. The quantitative estimate of drug-likeness (QED) is 0.153. The number of thioether (sulfide) groups is 1. The third kappa shape index (κ3) is 10.5. The van der Waals surface area contributed by atoms with Gasteiger partial charge in [0.25, 0.3) is 6.54 Å². The summed E-state index contributed by atoms with van der Waals surface area (Å²) in [6.07, 6.45) is 6.54. The zero-order valence-electron chi connectivity index (χ0n) is 14.9. The molecule has 0 aliphatic carbocycles. The van der Waals surface area contributed by atoms with Gasteiger partial charge in [-0.2, -0.15) is 11.8 Å². The third-order valence-electron chi connectivity index (χ3n) is 3.07. The average Bonchev–Trinajstić information content (AvgIpc) is 2.97. The molecule has 1 N–H and O–H groups in total. The van der Waals surface area contributed by atoms with Gasteiger partial charge in [-0.25, -0.2) is 0 Å². The molecule has 0 spiro atoms. The van der Waals surface area contributed by atoms with Gasteiger partial charge >= 0.3 is 0 Å². The predicted octanol–water partition coefficient (Wildman–Crippen LogP) is 2.25. The molecular weight excluding hydrogens is 340 g/mol. The van der Waals surface area contributed by atoms with E-state index in [4.69, 9.17) is 10.8 Å². The van der Waals surface area contributed by atoms with Crippen molar-refractivity contribution >= 4 is 17.6 Å². The number of hydrogen-bond acceptors (Lipinski definition) is 6. The molecule has 0 unspecified atom stereocenters. The lowest BCUT2D eigenvalue weighted by molar-refractivity contribution is -0.463. The molecule has 0 aliphatic rings. The van der Waals surface area contributed by atoms with E-state index < -0.39 is 0 Å². The molecule has 0 aromatic carbocycles. The van der Waals surface area contributed by atoms with Crippen LogP contribution in [0.5, 0.6) is 0 Å². The van der Waals surface area contributed by atoms with E-state index in [1.165, 1.54) is 0 Å². The molecule has 0 fully saturated rings. The van der Waals surface area contributed by atoms with Crippen LogP contribution in [0.1, 0.15) is 24.4 Å². The van der Waals surface area contributed by atoms with E-state index in [1.54, 1.807) is 11.8 Å². The van der Waals surface area contributed by atoms with Crippen LogP contribution < -0.4 is 5.32 Å². The molecule has 0 radical (unpaired) electrons. The Kier molecular flexibility index (Phi) is 10.4. The zero-order valence-corrected chi connectivity index (χ0v) is 15.7. The van der Waals surface area contributed by atoms with Crippen LogP contribution in [0.2, 0.25) is 0 Å². The first kappa shape index (κ1) is 21.1. The molecule has 0 amide bonds. The predicted molar refractivity (Wildman–Crippen MR) is 102 cm³/mol. The number of nitrogens with one attached hydrogen (secondary N) is 1. The first-order chi connectivity index (χ1) is 12.0. The molecule has 0 saturated carbocycles. The largest absolute Gasteiger partial charge is 0.464 e. The second-order valence-corrected chi connectivity index (χ2v) is 6.82. The molecule has 1 aromatic heterocycles. The summed E-state index contributed by atoms with van der Waals surface area (Å²) in [6, 6.07) is 3.98. The van der Waals surface area contributed by atoms with Crippen molar-refractivity contribution in [2.45, 2.75) is 25.1 Å². The van der Waals surface area contributed by atoms with Crippen LogP contribution in [-0.2, 0) is 12.3 Å². The summed E-state index contributed by atoms with van der Waals surface area (Å²) < 4.78 is 5.74. The summed E-state index contributed by atoms with van der Waals surface area (Å²) in [5, 5.41) is 13.7. The SMILES string of the molecule is C#CCCCN=C(C[N+](=O)[O-])NCCSCc1ccc(CN(C)C)o1. The molecule has 8 heteroatoms. The van der Waals surface area contributed by atoms with Gasteiger partial charge < -0.3 is 14.6 Å². The number of amidine groups is 1. The highest BCUT2D eigenvalue weighted by Crippen LogP contribution is 2.15. The van der Waals surface area contributed by atoms with E-state index in [0.717, 1.165) is 36.0 Å². The number of unbranched alkanes of at least 4 members (excludes halogenated alkanes) is 1. The Labute approximate surface area is 153 Å². The summed E-state index contributed by atoms with van der Waals surface area (Å²) in [5.41, 5.74) is 0. The fraction of sp³-hybridized carbons (Fsp3) is 0.588. The monoisotopic (exact) mass is 366 g/mol. The van der Waals surface area contributed by atoms with Gasteiger partial charge in [0.15, 0.2) is 5.84 Å². The molecule has 1 rings (SSSR count). The van der Waals surface area contributed by atoms with Crippen LogP contribution in [0, 0.1) is 22.5 Å². The fourth-order valence-corrected chi connectivity index (χ4v) is 2.76. The van der Waals surface area contributed by atoms with Gasteiger partial charge in [0, 0.05) is 30.2 Å². The highest BCUT2D eigenvalue weighted by Gasteiger charge is 2.07. The molecule has 1 aromatic rings. The first-order valence-corrected chi connectivity index (χ1v) is 9.29. The van der Waals surface area contributed by atoms with Crippen molar-refractivity contribution in [3.05, 3.63) is 33.8 Å². The highest BCUT2D eigenvalue weighted by molar-refractivity contribution is 7.98. The summed E-state index contributed by atoms with van der Waals surface area (Å²) in [5.74, 6) is 6.42. The van der Waals surface area contributed by atoms with Gasteiger partial charge in [0.05, 0.1) is 12.3 Å². The normalized spacial score (nSPS) is 11.5. The van der Waals surface area contributed by atoms with E-state index in [1.807, 2.05) is 26.2 Å². The Bertz CT molecular complexity index is 593. The summed E-state index contributed by atoms with van der Waals surface area (Å²) in [6.45, 7) is 1.63. The molecule has 0 aliphatic heterocycles. The Balaban J connectivity index is 2.27. The van der Waals surface area contributed by atoms with Crippen molar-refractivity contribution in [2.75, 3.05) is 39.5 Å². The average molecular weight is 366 g/mol. The van der Waals surface area contributed by atoms with Gasteiger partial charge in [0.1, 0.15) is 11.5 Å². The highest BCUT2D eigenvalue weighted by atomic mass is 32.2. The standard InChI is InChI=1S/C17H26N4O3S/c1-4-5-6-9-18-17(13-21(22)23)19-10-11-25-14-16-8-7-15(24-16)12-20(2)3/h1,7-8H,5-6,9-14H2,2-3H3,(H,18,19). The van der Waals surface area contributed by atoms with Crippen LogP contribution >= 0.6 is 11.8 Å². The number of furan rings is 1. The van der Waals surface area contributed by atoms with Crippen molar-refractivity contribution in [1.29, 1.82) is 0 Å². The maximum atomic E-state index is 10.7. The number of aliphatic imine (C=N–C) groups is 1. The Morgan fingerprint density at radius 1 is 1.48 bits per heavy atom. The van der Waals surface area contributed by atoms with Crippen LogP contribution in [-0.4, -0.2) is 55.1 Å². The lowest BCUT2D eigenvalue weighted by atomic mass is 10.3. The number of rotatable bonds is 12. The Morgan fingerprint density at radius 3 is 2.92 bits per heavy atom. The van der Waals surface area contributed by atoms with Gasteiger partial charge in [-0.3, -0.25) is 15.1 Å². The second-order valence-electron chi connectivity index (χ2n) is 5.71. The number of nitrogens with zero attached hydrogens (tertiary/aromatic N) is 3. The molecule has 0 saturated heterocycles. The number of terminal acetylenes is 1. The maximum Gasteiger partial charge on any atom is 0.259 e. The van der Waals surface area contributed by atoms with Crippen molar-refractivity contribution in [2.24, 2.45) is 4.99 Å². The zero-order chi connectivity index (χ0) is 18.5.